The third-order valence-corrected chi connectivity index (χ3v) is 3.22. The first-order valence-electron chi connectivity index (χ1n) is 6.53. The maximum atomic E-state index is 10.6. The van der Waals surface area contributed by atoms with Crippen LogP contribution in [-0.4, -0.2) is 40.3 Å². The van der Waals surface area contributed by atoms with Crippen molar-refractivity contribution in [1.29, 1.82) is 0 Å². The fourth-order valence-electron chi connectivity index (χ4n) is 2.19. The highest BCUT2D eigenvalue weighted by Crippen LogP contribution is 2.25. The quantitative estimate of drug-likeness (QED) is 0.842. The third kappa shape index (κ3) is 4.17. The Morgan fingerprint density at radius 2 is 2.11 bits per heavy atom. The zero-order valence-corrected chi connectivity index (χ0v) is 11.0. The number of hydrogen-bond acceptors (Lipinski definition) is 5. The second-order valence-electron chi connectivity index (χ2n) is 4.87. The predicted octanol–water partition coefficient (Wildman–Crippen LogP) is 1.65. The van der Waals surface area contributed by atoms with Crippen molar-refractivity contribution in [2.45, 2.75) is 38.1 Å². The largest absolute Gasteiger partial charge is 0.481 e. The third-order valence-electron chi connectivity index (χ3n) is 3.22. The van der Waals surface area contributed by atoms with Crippen molar-refractivity contribution < 1.29 is 14.6 Å². The van der Waals surface area contributed by atoms with E-state index in [9.17, 15) is 4.79 Å². The van der Waals surface area contributed by atoms with Crippen LogP contribution in [0.1, 0.15) is 37.7 Å². The molecule has 1 aromatic heterocycles. The second kappa shape index (κ2) is 6.47. The summed E-state index contributed by atoms with van der Waals surface area (Å²) in [6, 6.07) is -0.188. The average Bonchev–Trinajstić information content (AvgIpc) is 2.39. The molecule has 0 amide bonds. The number of carboxylic acid groups (broad SMARTS) is 1. The molecule has 1 unspecified atom stereocenters. The first-order valence-corrected chi connectivity index (χ1v) is 6.53. The molecule has 0 saturated carbocycles. The molecule has 0 spiro atoms. The molecule has 1 aromatic rings. The van der Waals surface area contributed by atoms with Gasteiger partial charge in [-0.25, -0.2) is 9.97 Å². The zero-order chi connectivity index (χ0) is 13.7. The van der Waals surface area contributed by atoms with E-state index < -0.39 is 5.97 Å². The monoisotopic (exact) mass is 265 g/mol. The molecule has 0 aromatic carbocycles. The average molecular weight is 265 g/mol. The van der Waals surface area contributed by atoms with Crippen molar-refractivity contribution in [1.82, 2.24) is 9.97 Å². The predicted molar refractivity (Wildman–Crippen MR) is 70.2 cm³/mol. The maximum Gasteiger partial charge on any atom is 0.305 e. The molecule has 2 rings (SSSR count). The Balaban J connectivity index is 1.92. The van der Waals surface area contributed by atoms with Gasteiger partial charge < -0.3 is 15.2 Å². The molecule has 2 N–H and O–H groups in total. The van der Waals surface area contributed by atoms with Crippen molar-refractivity contribution in [3.8, 4) is 0 Å². The maximum absolute atomic E-state index is 10.6. The number of aromatic nitrogens is 2. The topological polar surface area (TPSA) is 84.3 Å². The molecule has 6 heteroatoms. The first-order chi connectivity index (χ1) is 9.15. The minimum absolute atomic E-state index is 0.0467. The van der Waals surface area contributed by atoms with E-state index in [2.05, 4.69) is 15.3 Å². The van der Waals surface area contributed by atoms with Crippen molar-refractivity contribution in [3.05, 3.63) is 18.0 Å². The minimum Gasteiger partial charge on any atom is -0.481 e. The Kier molecular flexibility index (Phi) is 4.68. The number of nitrogens with one attached hydrogen (secondary N) is 1. The van der Waals surface area contributed by atoms with Gasteiger partial charge >= 0.3 is 5.97 Å². The first kappa shape index (κ1) is 13.7. The van der Waals surface area contributed by atoms with Gasteiger partial charge in [0.15, 0.2) is 0 Å². The van der Waals surface area contributed by atoms with E-state index in [0.717, 1.165) is 31.6 Å². The molecule has 1 atom stereocenters. The van der Waals surface area contributed by atoms with E-state index >= 15 is 0 Å². The Labute approximate surface area is 112 Å². The van der Waals surface area contributed by atoms with Crippen LogP contribution in [0.25, 0.3) is 0 Å². The smallest absolute Gasteiger partial charge is 0.305 e. The number of hydrogen-bond donors (Lipinski definition) is 2. The highest BCUT2D eigenvalue weighted by atomic mass is 16.5. The Morgan fingerprint density at radius 3 is 2.68 bits per heavy atom. The summed E-state index contributed by atoms with van der Waals surface area (Å²) in [6.45, 7) is 3.38. The van der Waals surface area contributed by atoms with Crippen LogP contribution in [-0.2, 0) is 9.53 Å². The highest BCUT2D eigenvalue weighted by molar-refractivity contribution is 5.67. The van der Waals surface area contributed by atoms with Gasteiger partial charge in [-0.2, -0.15) is 0 Å². The van der Waals surface area contributed by atoms with Crippen molar-refractivity contribution in [3.63, 3.8) is 0 Å². The number of carbonyl (C=O) groups is 1. The van der Waals surface area contributed by atoms with Crippen LogP contribution >= 0.6 is 0 Å². The Bertz CT molecular complexity index is 416. The zero-order valence-electron chi connectivity index (χ0n) is 11.0. The number of rotatable bonds is 5. The summed E-state index contributed by atoms with van der Waals surface area (Å²) in [5, 5.41) is 11.7. The van der Waals surface area contributed by atoms with E-state index in [-0.39, 0.29) is 12.5 Å². The summed E-state index contributed by atoms with van der Waals surface area (Å²) in [6.07, 6.45) is 5.69. The molecule has 104 valence electrons. The summed E-state index contributed by atoms with van der Waals surface area (Å²) < 4.78 is 5.33. The lowest BCUT2D eigenvalue weighted by Crippen LogP contribution is -2.21. The Morgan fingerprint density at radius 1 is 1.47 bits per heavy atom. The molecule has 1 aliphatic rings. The van der Waals surface area contributed by atoms with Gasteiger partial charge in [0.1, 0.15) is 0 Å². The number of carboxylic acids is 1. The molecule has 0 radical (unpaired) electrons. The van der Waals surface area contributed by atoms with E-state index in [1.54, 1.807) is 6.92 Å². The van der Waals surface area contributed by atoms with Crippen molar-refractivity contribution >= 4 is 11.9 Å². The fraction of sp³-hybridized carbons (Fsp3) is 0.615. The lowest BCUT2D eigenvalue weighted by molar-refractivity contribution is -0.137. The van der Waals surface area contributed by atoms with Crippen molar-refractivity contribution in [2.24, 2.45) is 0 Å². The number of nitrogens with zero attached hydrogens (tertiary/aromatic N) is 2. The van der Waals surface area contributed by atoms with Gasteiger partial charge in [0.25, 0.3) is 0 Å². The van der Waals surface area contributed by atoms with E-state index in [1.165, 1.54) is 0 Å². The van der Waals surface area contributed by atoms with Crippen molar-refractivity contribution in [2.75, 3.05) is 18.5 Å². The number of ether oxygens (including phenoxy) is 1. The van der Waals surface area contributed by atoms with Crippen LogP contribution < -0.4 is 5.32 Å². The lowest BCUT2D eigenvalue weighted by Gasteiger charge is -2.22. The molecule has 19 heavy (non-hydrogen) atoms. The fourth-order valence-corrected chi connectivity index (χ4v) is 2.19. The molecular weight excluding hydrogens is 246 g/mol. The molecule has 1 aliphatic heterocycles. The molecule has 6 nitrogen and oxygen atoms in total. The SMILES string of the molecule is CC(CC(=O)O)Nc1ncc(C2CCOCC2)cn1. The van der Waals surface area contributed by atoms with E-state index in [0.29, 0.717) is 11.9 Å². The lowest BCUT2D eigenvalue weighted by atomic mass is 9.94. The summed E-state index contributed by atoms with van der Waals surface area (Å²) in [4.78, 5) is 19.1. The second-order valence-corrected chi connectivity index (χ2v) is 4.87. The number of aliphatic carboxylic acids is 1. The molecular formula is C13H19N3O3. The summed E-state index contributed by atoms with van der Waals surface area (Å²) in [7, 11) is 0. The minimum atomic E-state index is -0.834. The Hall–Kier alpha value is -1.69. The van der Waals surface area contributed by atoms with Gasteiger partial charge in [-0.1, -0.05) is 0 Å². The van der Waals surface area contributed by atoms with Gasteiger partial charge in [-0.3, -0.25) is 4.79 Å². The summed E-state index contributed by atoms with van der Waals surface area (Å²) >= 11 is 0. The molecule has 2 heterocycles. The summed E-state index contributed by atoms with van der Waals surface area (Å²) in [5.41, 5.74) is 1.12. The molecule has 1 fully saturated rings. The molecule has 0 aliphatic carbocycles. The summed E-state index contributed by atoms with van der Waals surface area (Å²) in [5.74, 6) is 0.114. The van der Waals surface area contributed by atoms with Crippen LogP contribution in [0.2, 0.25) is 0 Å². The van der Waals surface area contributed by atoms with Crippen LogP contribution in [0, 0.1) is 0 Å². The van der Waals surface area contributed by atoms with E-state index in [4.69, 9.17) is 9.84 Å². The van der Waals surface area contributed by atoms with Gasteiger partial charge in [0.05, 0.1) is 6.42 Å². The molecule has 1 saturated heterocycles. The number of anilines is 1. The van der Waals surface area contributed by atoms with Crippen LogP contribution in [0.15, 0.2) is 12.4 Å². The van der Waals surface area contributed by atoms with Gasteiger partial charge in [-0.05, 0) is 31.2 Å². The standard InChI is InChI=1S/C13H19N3O3/c1-9(6-12(17)18)16-13-14-7-11(8-15-13)10-2-4-19-5-3-10/h7-10H,2-6H2,1H3,(H,17,18)(H,14,15,16). The normalized spacial score (nSPS) is 17.9. The van der Waals surface area contributed by atoms with Gasteiger partial charge in [0, 0.05) is 31.6 Å². The van der Waals surface area contributed by atoms with Crippen LogP contribution in [0.3, 0.4) is 0 Å². The van der Waals surface area contributed by atoms with Gasteiger partial charge in [-0.15, -0.1) is 0 Å². The van der Waals surface area contributed by atoms with Crippen LogP contribution in [0.5, 0.6) is 0 Å². The van der Waals surface area contributed by atoms with Gasteiger partial charge in [0.2, 0.25) is 5.95 Å². The van der Waals surface area contributed by atoms with Crippen LogP contribution in [0.4, 0.5) is 5.95 Å². The molecule has 0 bridgehead atoms. The van der Waals surface area contributed by atoms with E-state index in [1.807, 2.05) is 12.4 Å². The highest BCUT2D eigenvalue weighted by Gasteiger charge is 2.17.